The number of aromatic nitrogens is 3. The van der Waals surface area contributed by atoms with Gasteiger partial charge in [-0.3, -0.25) is 4.68 Å². The van der Waals surface area contributed by atoms with Crippen LogP contribution in [-0.2, 0) is 7.05 Å². The molecule has 7 nitrogen and oxygen atoms in total. The standard InChI is InChI=1S/C16H23N5O2/c1-6-23-15-13(8-7-9-17-15)19-16(22)18-10(2)14-11(3)20-21(5)12(14)4/h7-10H,6H2,1-5H3,(H2,18,19,22). The van der Waals surface area contributed by atoms with Gasteiger partial charge in [0.2, 0.25) is 5.88 Å². The second kappa shape index (κ2) is 7.13. The predicted octanol–water partition coefficient (Wildman–Crippen LogP) is 2.71. The van der Waals surface area contributed by atoms with Crippen molar-refractivity contribution in [3.8, 4) is 5.88 Å². The van der Waals surface area contributed by atoms with Crippen LogP contribution in [0.5, 0.6) is 5.88 Å². The van der Waals surface area contributed by atoms with Gasteiger partial charge in [-0.25, -0.2) is 9.78 Å². The van der Waals surface area contributed by atoms with Gasteiger partial charge in [0, 0.05) is 24.5 Å². The van der Waals surface area contributed by atoms with E-state index in [-0.39, 0.29) is 12.1 Å². The molecule has 2 aromatic rings. The highest BCUT2D eigenvalue weighted by Crippen LogP contribution is 2.22. The summed E-state index contributed by atoms with van der Waals surface area (Å²) in [6.45, 7) is 8.21. The molecule has 1 atom stereocenters. The summed E-state index contributed by atoms with van der Waals surface area (Å²) in [7, 11) is 1.89. The van der Waals surface area contributed by atoms with Gasteiger partial charge in [0.25, 0.3) is 0 Å². The Morgan fingerprint density at radius 1 is 1.43 bits per heavy atom. The lowest BCUT2D eigenvalue weighted by Crippen LogP contribution is -2.31. The maximum atomic E-state index is 12.2. The second-order valence-electron chi connectivity index (χ2n) is 5.32. The first-order chi connectivity index (χ1) is 10.9. The molecule has 7 heteroatoms. The van der Waals surface area contributed by atoms with Crippen molar-refractivity contribution in [1.29, 1.82) is 0 Å². The third-order valence-corrected chi connectivity index (χ3v) is 3.65. The molecule has 23 heavy (non-hydrogen) atoms. The lowest BCUT2D eigenvalue weighted by molar-refractivity contribution is 0.249. The normalized spacial score (nSPS) is 11.9. The Morgan fingerprint density at radius 2 is 2.17 bits per heavy atom. The van der Waals surface area contributed by atoms with Crippen molar-refractivity contribution in [3.05, 3.63) is 35.3 Å². The van der Waals surface area contributed by atoms with Gasteiger partial charge < -0.3 is 15.4 Å². The predicted molar refractivity (Wildman–Crippen MR) is 88.7 cm³/mol. The highest BCUT2D eigenvalue weighted by Gasteiger charge is 2.18. The lowest BCUT2D eigenvalue weighted by atomic mass is 10.1. The van der Waals surface area contributed by atoms with Crippen LogP contribution in [-0.4, -0.2) is 27.4 Å². The van der Waals surface area contributed by atoms with E-state index in [1.807, 2.05) is 39.4 Å². The Labute approximate surface area is 136 Å². The third kappa shape index (κ3) is 3.80. The fraction of sp³-hybridized carbons (Fsp3) is 0.438. The molecule has 0 saturated heterocycles. The minimum absolute atomic E-state index is 0.157. The zero-order chi connectivity index (χ0) is 17.0. The van der Waals surface area contributed by atoms with Gasteiger partial charge in [-0.05, 0) is 39.8 Å². The van der Waals surface area contributed by atoms with Crippen LogP contribution in [0.15, 0.2) is 18.3 Å². The number of rotatable bonds is 5. The molecule has 2 aromatic heterocycles. The fourth-order valence-electron chi connectivity index (χ4n) is 2.58. The summed E-state index contributed by atoms with van der Waals surface area (Å²) < 4.78 is 7.22. The molecule has 0 bridgehead atoms. The number of hydrogen-bond donors (Lipinski definition) is 2. The quantitative estimate of drug-likeness (QED) is 0.888. The van der Waals surface area contributed by atoms with Crippen LogP contribution in [0.2, 0.25) is 0 Å². The zero-order valence-corrected chi connectivity index (χ0v) is 14.2. The topological polar surface area (TPSA) is 81.1 Å². The molecule has 0 fully saturated rings. The van der Waals surface area contributed by atoms with Gasteiger partial charge in [-0.2, -0.15) is 5.10 Å². The zero-order valence-electron chi connectivity index (χ0n) is 14.2. The number of nitrogens with one attached hydrogen (secondary N) is 2. The van der Waals surface area contributed by atoms with E-state index in [4.69, 9.17) is 4.74 Å². The van der Waals surface area contributed by atoms with Crippen LogP contribution in [0, 0.1) is 13.8 Å². The molecule has 2 rings (SSSR count). The molecule has 2 amide bonds. The average Bonchev–Trinajstić information content (AvgIpc) is 2.74. The summed E-state index contributed by atoms with van der Waals surface area (Å²) in [5.41, 5.74) is 3.51. The minimum Gasteiger partial charge on any atom is -0.476 e. The number of ether oxygens (including phenoxy) is 1. The summed E-state index contributed by atoms with van der Waals surface area (Å²) in [5, 5.41) is 10.1. The number of nitrogens with zero attached hydrogens (tertiary/aromatic N) is 3. The van der Waals surface area contributed by atoms with Crippen LogP contribution in [0.1, 0.15) is 36.8 Å². The molecular formula is C16H23N5O2. The second-order valence-corrected chi connectivity index (χ2v) is 5.32. The molecule has 0 aliphatic carbocycles. The molecule has 124 valence electrons. The Morgan fingerprint density at radius 3 is 2.78 bits per heavy atom. The van der Waals surface area contributed by atoms with Gasteiger partial charge in [-0.1, -0.05) is 0 Å². The number of carbonyl (C=O) groups is 1. The van der Waals surface area contributed by atoms with Crippen LogP contribution in [0.3, 0.4) is 0 Å². The summed E-state index contributed by atoms with van der Waals surface area (Å²) in [4.78, 5) is 16.4. The van der Waals surface area contributed by atoms with Gasteiger partial charge in [0.1, 0.15) is 5.69 Å². The first kappa shape index (κ1) is 16.8. The number of aryl methyl sites for hydroxylation is 2. The maximum absolute atomic E-state index is 12.2. The van der Waals surface area contributed by atoms with E-state index in [2.05, 4.69) is 20.7 Å². The van der Waals surface area contributed by atoms with E-state index >= 15 is 0 Å². The van der Waals surface area contributed by atoms with Gasteiger partial charge >= 0.3 is 6.03 Å². The molecule has 0 aliphatic rings. The van der Waals surface area contributed by atoms with Gasteiger partial charge in [-0.15, -0.1) is 0 Å². The number of pyridine rings is 1. The fourth-order valence-corrected chi connectivity index (χ4v) is 2.58. The van der Waals surface area contributed by atoms with Crippen molar-refractivity contribution < 1.29 is 9.53 Å². The van der Waals surface area contributed by atoms with Crippen molar-refractivity contribution in [1.82, 2.24) is 20.1 Å². The number of carbonyl (C=O) groups excluding carboxylic acids is 1. The number of hydrogen-bond acceptors (Lipinski definition) is 4. The van der Waals surface area contributed by atoms with Crippen LogP contribution >= 0.6 is 0 Å². The number of amides is 2. The SMILES string of the molecule is CCOc1ncccc1NC(=O)NC(C)c1c(C)nn(C)c1C. The summed E-state index contributed by atoms with van der Waals surface area (Å²) in [6, 6.07) is 3.03. The first-order valence-corrected chi connectivity index (χ1v) is 7.59. The molecule has 2 N–H and O–H groups in total. The number of urea groups is 1. The van der Waals surface area contributed by atoms with Crippen molar-refractivity contribution in [2.75, 3.05) is 11.9 Å². The molecule has 0 aromatic carbocycles. The molecular weight excluding hydrogens is 294 g/mol. The highest BCUT2D eigenvalue weighted by molar-refractivity contribution is 5.90. The molecule has 0 aliphatic heterocycles. The highest BCUT2D eigenvalue weighted by atomic mass is 16.5. The summed E-state index contributed by atoms with van der Waals surface area (Å²) in [5.74, 6) is 0.409. The lowest BCUT2D eigenvalue weighted by Gasteiger charge is -2.16. The van der Waals surface area contributed by atoms with E-state index in [1.54, 1.807) is 18.3 Å². The molecule has 2 heterocycles. The van der Waals surface area contributed by atoms with E-state index in [0.29, 0.717) is 18.2 Å². The largest absolute Gasteiger partial charge is 0.476 e. The van der Waals surface area contributed by atoms with E-state index in [1.165, 1.54) is 0 Å². The Balaban J connectivity index is 2.08. The van der Waals surface area contributed by atoms with E-state index in [9.17, 15) is 4.79 Å². The van der Waals surface area contributed by atoms with E-state index < -0.39 is 0 Å². The Hall–Kier alpha value is -2.57. The minimum atomic E-state index is -0.311. The van der Waals surface area contributed by atoms with Gasteiger partial charge in [0.05, 0.1) is 18.3 Å². The van der Waals surface area contributed by atoms with Gasteiger partial charge in [0.15, 0.2) is 0 Å². The number of anilines is 1. The molecule has 1 unspecified atom stereocenters. The third-order valence-electron chi connectivity index (χ3n) is 3.65. The Kier molecular flexibility index (Phi) is 5.20. The van der Waals surface area contributed by atoms with Crippen LogP contribution < -0.4 is 15.4 Å². The van der Waals surface area contributed by atoms with Crippen molar-refractivity contribution >= 4 is 11.7 Å². The first-order valence-electron chi connectivity index (χ1n) is 7.59. The monoisotopic (exact) mass is 317 g/mol. The summed E-state index contributed by atoms with van der Waals surface area (Å²) in [6.07, 6.45) is 1.62. The van der Waals surface area contributed by atoms with Crippen molar-refractivity contribution in [3.63, 3.8) is 0 Å². The van der Waals surface area contributed by atoms with Crippen molar-refractivity contribution in [2.24, 2.45) is 7.05 Å². The van der Waals surface area contributed by atoms with Crippen molar-refractivity contribution in [2.45, 2.75) is 33.7 Å². The van der Waals surface area contributed by atoms with E-state index in [0.717, 1.165) is 17.0 Å². The average molecular weight is 317 g/mol. The smallest absolute Gasteiger partial charge is 0.319 e. The maximum Gasteiger partial charge on any atom is 0.319 e. The Bertz CT molecular complexity index is 696. The van der Waals surface area contributed by atoms with Crippen LogP contribution in [0.4, 0.5) is 10.5 Å². The molecule has 0 spiro atoms. The summed E-state index contributed by atoms with van der Waals surface area (Å²) >= 11 is 0. The van der Waals surface area contributed by atoms with Crippen LogP contribution in [0.25, 0.3) is 0 Å². The molecule has 0 radical (unpaired) electrons. The molecule has 0 saturated carbocycles.